The van der Waals surface area contributed by atoms with Gasteiger partial charge in [0.1, 0.15) is 17.6 Å². The Balaban J connectivity index is 1.45. The summed E-state index contributed by atoms with van der Waals surface area (Å²) < 4.78 is 18.5. The highest BCUT2D eigenvalue weighted by Gasteiger charge is 2.27. The van der Waals surface area contributed by atoms with Gasteiger partial charge in [0.2, 0.25) is 0 Å². The number of aliphatic hydroxyl groups excluding tert-OH is 1. The molecule has 3 aromatic carbocycles. The Morgan fingerprint density at radius 1 is 0.979 bits per heavy atom. The zero-order valence-electron chi connectivity index (χ0n) is 27.4. The maximum absolute atomic E-state index is 13.0. The molecule has 10 nitrogen and oxygen atoms in total. The summed E-state index contributed by atoms with van der Waals surface area (Å²) in [5.41, 5.74) is 4.02. The van der Waals surface area contributed by atoms with Gasteiger partial charge in [0.05, 0.1) is 36.6 Å². The van der Waals surface area contributed by atoms with Gasteiger partial charge in [-0.05, 0) is 62.9 Å². The fourth-order valence-electron chi connectivity index (χ4n) is 5.12. The van der Waals surface area contributed by atoms with E-state index in [9.17, 15) is 14.7 Å². The second kappa shape index (κ2) is 17.0. The Labute approximate surface area is 281 Å². The van der Waals surface area contributed by atoms with E-state index in [2.05, 4.69) is 10.6 Å². The van der Waals surface area contributed by atoms with Crippen LogP contribution in [0.5, 0.6) is 5.75 Å². The van der Waals surface area contributed by atoms with Gasteiger partial charge in [-0.3, -0.25) is 4.79 Å². The number of methoxy groups -OCH3 is 1. The van der Waals surface area contributed by atoms with Crippen LogP contribution in [0, 0.1) is 0 Å². The number of ether oxygens (including phenoxy) is 3. The summed E-state index contributed by atoms with van der Waals surface area (Å²) in [6.07, 6.45) is 1.77. The van der Waals surface area contributed by atoms with Gasteiger partial charge >= 0.3 is 6.09 Å². The average molecular weight is 663 g/mol. The number of imidazole rings is 1. The molecule has 4 aromatic rings. The topological polar surface area (TPSA) is 124 Å². The molecule has 1 heterocycles. The summed E-state index contributed by atoms with van der Waals surface area (Å²) in [4.78, 5) is 30.2. The Morgan fingerprint density at radius 3 is 2.34 bits per heavy atom. The molecule has 3 N–H and O–H groups in total. The van der Waals surface area contributed by atoms with E-state index >= 15 is 0 Å². The normalized spacial score (nSPS) is 13.1. The fraction of sp³-hybridized carbons (Fsp3) is 0.361. The first kappa shape index (κ1) is 35.5. The number of rotatable bonds is 15. The highest BCUT2D eigenvalue weighted by atomic mass is 35.5. The van der Waals surface area contributed by atoms with Gasteiger partial charge in [-0.1, -0.05) is 66.2 Å². The molecule has 1 aromatic heterocycles. The summed E-state index contributed by atoms with van der Waals surface area (Å²) in [6.45, 7) is 6.00. The molecule has 0 spiro atoms. The predicted octanol–water partition coefficient (Wildman–Crippen LogP) is 6.25. The average Bonchev–Trinajstić information content (AvgIpc) is 3.44. The molecule has 0 saturated heterocycles. The quantitative estimate of drug-likeness (QED) is 0.137. The number of aryl methyl sites for hydroxylation is 1. The zero-order chi connectivity index (χ0) is 33.9. The Bertz CT molecular complexity index is 1610. The number of benzene rings is 3. The van der Waals surface area contributed by atoms with Gasteiger partial charge in [-0.15, -0.1) is 0 Å². The third-order valence-electron chi connectivity index (χ3n) is 7.58. The molecule has 0 aliphatic carbocycles. The number of hydrogen-bond acceptors (Lipinski definition) is 7. The number of carbonyl (C=O) groups is 2. The monoisotopic (exact) mass is 662 g/mol. The molecule has 0 radical (unpaired) electrons. The number of aliphatic hydroxyl groups is 1. The molecular weight excluding hydrogens is 620 g/mol. The molecule has 0 aliphatic heterocycles. The maximum atomic E-state index is 13.0. The minimum atomic E-state index is -0.580. The summed E-state index contributed by atoms with van der Waals surface area (Å²) in [5.74, 6) is 0.854. The van der Waals surface area contributed by atoms with Crippen LogP contribution in [0.1, 0.15) is 60.5 Å². The standard InChI is InChI=1S/C36H43ClN4O6/c1-23(2)47-32-16-15-28(20-30(32)37)35(43)38-29(17-18-42)19-25-11-13-27(14-12-25)31-21-41(4)34(39-31)33(40-36(44)45-5)24(3)46-22-26-9-7-6-8-10-26/h6-16,20-21,23-24,29,33,42H,17-19,22H2,1-5H3,(H,38,43)(H,40,44)/t24-,29+,33-/m0/s1. The minimum Gasteiger partial charge on any atom is -0.489 e. The lowest BCUT2D eigenvalue weighted by molar-refractivity contribution is 0.0234. The van der Waals surface area contributed by atoms with Crippen LogP contribution in [-0.4, -0.2) is 58.6 Å². The second-order valence-electron chi connectivity index (χ2n) is 11.6. The van der Waals surface area contributed by atoms with Crippen LogP contribution in [0.15, 0.2) is 79.0 Å². The molecule has 0 saturated carbocycles. The number of hydrogen-bond donors (Lipinski definition) is 3. The van der Waals surface area contributed by atoms with Gasteiger partial charge in [0.25, 0.3) is 5.91 Å². The predicted molar refractivity (Wildman–Crippen MR) is 181 cm³/mol. The number of carbonyl (C=O) groups excluding carboxylic acids is 2. The number of halogens is 1. The number of nitrogens with zero attached hydrogens (tertiary/aromatic N) is 2. The second-order valence-corrected chi connectivity index (χ2v) is 12.0. The first-order chi connectivity index (χ1) is 22.6. The largest absolute Gasteiger partial charge is 0.489 e. The van der Waals surface area contributed by atoms with E-state index in [-0.39, 0.29) is 24.7 Å². The van der Waals surface area contributed by atoms with Crippen molar-refractivity contribution in [3.8, 4) is 17.0 Å². The summed E-state index contributed by atoms with van der Waals surface area (Å²) in [6, 6.07) is 21.8. The summed E-state index contributed by atoms with van der Waals surface area (Å²) in [5, 5.41) is 15.9. The number of amides is 2. The Hall–Kier alpha value is -4.38. The Morgan fingerprint density at radius 2 is 1.70 bits per heavy atom. The van der Waals surface area contributed by atoms with Crippen LogP contribution in [0.4, 0.5) is 4.79 Å². The van der Waals surface area contributed by atoms with E-state index in [0.29, 0.717) is 41.6 Å². The van der Waals surface area contributed by atoms with Crippen molar-refractivity contribution >= 4 is 23.6 Å². The lowest BCUT2D eigenvalue weighted by Gasteiger charge is -2.24. The van der Waals surface area contributed by atoms with E-state index in [0.717, 1.165) is 22.4 Å². The highest BCUT2D eigenvalue weighted by molar-refractivity contribution is 6.32. The van der Waals surface area contributed by atoms with E-state index < -0.39 is 18.2 Å². The first-order valence-corrected chi connectivity index (χ1v) is 16.0. The number of alkyl carbamates (subject to hydrolysis) is 1. The molecule has 3 atom stereocenters. The van der Waals surface area contributed by atoms with Crippen LogP contribution < -0.4 is 15.4 Å². The van der Waals surface area contributed by atoms with Crippen LogP contribution in [-0.2, 0) is 29.5 Å². The molecule has 0 aliphatic rings. The van der Waals surface area contributed by atoms with Crippen LogP contribution >= 0.6 is 11.6 Å². The third-order valence-corrected chi connectivity index (χ3v) is 7.87. The molecule has 0 fully saturated rings. The van der Waals surface area contributed by atoms with Crippen molar-refractivity contribution in [1.29, 1.82) is 0 Å². The smallest absolute Gasteiger partial charge is 0.407 e. The van der Waals surface area contributed by atoms with Crippen LogP contribution in [0.2, 0.25) is 5.02 Å². The van der Waals surface area contributed by atoms with Crippen LogP contribution in [0.25, 0.3) is 11.3 Å². The molecule has 0 unspecified atom stereocenters. The molecule has 2 amide bonds. The van der Waals surface area contributed by atoms with Crippen molar-refractivity contribution in [3.63, 3.8) is 0 Å². The highest BCUT2D eigenvalue weighted by Crippen LogP contribution is 2.27. The number of nitrogens with one attached hydrogen (secondary N) is 2. The van der Waals surface area contributed by atoms with Crippen LogP contribution in [0.3, 0.4) is 0 Å². The number of aromatic nitrogens is 2. The molecule has 47 heavy (non-hydrogen) atoms. The molecular formula is C36H43ClN4O6. The molecule has 250 valence electrons. The molecule has 0 bridgehead atoms. The third kappa shape index (κ3) is 10.1. The van der Waals surface area contributed by atoms with Gasteiger partial charge in [0.15, 0.2) is 0 Å². The summed E-state index contributed by atoms with van der Waals surface area (Å²) >= 11 is 6.34. The van der Waals surface area contributed by atoms with Crippen molar-refractivity contribution in [1.82, 2.24) is 20.2 Å². The first-order valence-electron chi connectivity index (χ1n) is 15.6. The SMILES string of the molecule is COC(=O)N[C@H](c1nc(-c2ccc(C[C@@H](CCO)NC(=O)c3ccc(OC(C)C)c(Cl)c3)cc2)cn1C)[C@H](C)OCc1ccccc1. The lowest BCUT2D eigenvalue weighted by atomic mass is 10.0. The molecule has 11 heteroatoms. The van der Waals surface area contributed by atoms with Crippen molar-refractivity contribution < 1.29 is 28.9 Å². The van der Waals surface area contributed by atoms with Crippen molar-refractivity contribution in [2.24, 2.45) is 7.05 Å². The minimum absolute atomic E-state index is 0.0406. The van der Waals surface area contributed by atoms with E-state index in [1.807, 2.05) is 93.2 Å². The lowest BCUT2D eigenvalue weighted by Crippen LogP contribution is -2.37. The van der Waals surface area contributed by atoms with Gasteiger partial charge in [-0.2, -0.15) is 0 Å². The van der Waals surface area contributed by atoms with Crippen molar-refractivity contribution in [2.75, 3.05) is 13.7 Å². The van der Waals surface area contributed by atoms with Gasteiger partial charge < -0.3 is 34.5 Å². The van der Waals surface area contributed by atoms with E-state index in [4.69, 9.17) is 30.8 Å². The molecule has 4 rings (SSSR count). The van der Waals surface area contributed by atoms with Crippen molar-refractivity contribution in [2.45, 2.75) is 64.5 Å². The van der Waals surface area contributed by atoms with Gasteiger partial charge in [-0.25, -0.2) is 9.78 Å². The van der Waals surface area contributed by atoms with E-state index in [1.165, 1.54) is 7.11 Å². The Kier molecular flexibility index (Phi) is 12.8. The van der Waals surface area contributed by atoms with Crippen molar-refractivity contribution in [3.05, 3.63) is 107 Å². The van der Waals surface area contributed by atoms with E-state index in [1.54, 1.807) is 18.2 Å². The summed E-state index contributed by atoms with van der Waals surface area (Å²) in [7, 11) is 3.19. The fourth-order valence-corrected chi connectivity index (χ4v) is 5.35. The van der Waals surface area contributed by atoms with Gasteiger partial charge in [0, 0.05) is 37.0 Å². The zero-order valence-corrected chi connectivity index (χ0v) is 28.2. The maximum Gasteiger partial charge on any atom is 0.407 e.